The number of ether oxygens (including phenoxy) is 3. The average molecular weight is 1370 g/mol. The van der Waals surface area contributed by atoms with Crippen LogP contribution >= 0.6 is 11.3 Å². The van der Waals surface area contributed by atoms with Crippen LogP contribution in [0.3, 0.4) is 0 Å². The number of fused-ring (bicyclic) bond motifs is 2. The van der Waals surface area contributed by atoms with E-state index in [1.165, 1.54) is 35.6 Å². The Morgan fingerprint density at radius 2 is 1.36 bits per heavy atom. The SMILES string of the molecule is CN(CCN1CCC(OC(=O)Nc2ccccc2-c2ccccc2)CC1)C(=O)CCCCCNc1nc(CC(=O)N(C)CCCN(C)C(=O)CO[C@H]2Cc3ccccc3C23CCN(CC[C@]2(c4ccc(F)cc4)CN(C(=O)c4cc(C(F)(F)F)cc(C(F)(F)F)c4)CO2)CC3)cs1. The molecule has 520 valence electrons. The van der Waals surface area contributed by atoms with Crippen LogP contribution in [0.4, 0.5) is 46.3 Å². The van der Waals surface area contributed by atoms with Crippen LogP contribution in [0, 0.1) is 5.82 Å². The molecule has 10 rings (SSSR count). The third kappa shape index (κ3) is 18.6. The molecule has 4 aliphatic rings. The third-order valence-electron chi connectivity index (χ3n) is 19.3. The quantitative estimate of drug-likeness (QED) is 0.0370. The van der Waals surface area contributed by atoms with Crippen LogP contribution in [-0.4, -0.2) is 183 Å². The number of para-hydroxylation sites is 1. The van der Waals surface area contributed by atoms with E-state index in [0.29, 0.717) is 107 Å². The van der Waals surface area contributed by atoms with Gasteiger partial charge in [0.05, 0.1) is 41.6 Å². The largest absolute Gasteiger partial charge is 0.446 e. The van der Waals surface area contributed by atoms with E-state index in [0.717, 1.165) is 84.0 Å². The number of alkyl halides is 6. The number of rotatable bonds is 27. The number of amides is 5. The molecule has 97 heavy (non-hydrogen) atoms. The van der Waals surface area contributed by atoms with E-state index in [1.54, 1.807) is 28.8 Å². The second kappa shape index (κ2) is 32.1. The van der Waals surface area contributed by atoms with Gasteiger partial charge in [-0.2, -0.15) is 26.3 Å². The molecule has 0 unspecified atom stereocenters. The van der Waals surface area contributed by atoms with Crippen molar-refractivity contribution in [3.05, 3.63) is 172 Å². The topological polar surface area (TPSA) is 169 Å². The third-order valence-corrected chi connectivity index (χ3v) is 20.1. The van der Waals surface area contributed by atoms with Crippen LogP contribution in [0.15, 0.2) is 127 Å². The van der Waals surface area contributed by atoms with Crippen LogP contribution in [0.25, 0.3) is 11.1 Å². The van der Waals surface area contributed by atoms with E-state index >= 15 is 0 Å². The number of halogens is 7. The normalized spacial score (nSPS) is 18.2. The Hall–Kier alpha value is -7.97. The molecule has 1 aliphatic carbocycles. The molecule has 0 bridgehead atoms. The Balaban J connectivity index is 0.597. The van der Waals surface area contributed by atoms with Gasteiger partial charge in [-0.25, -0.2) is 14.2 Å². The van der Waals surface area contributed by atoms with Crippen LogP contribution in [0.2, 0.25) is 0 Å². The summed E-state index contributed by atoms with van der Waals surface area (Å²) in [5.41, 5.74) is 0.414. The first-order chi connectivity index (χ1) is 46.4. The average Bonchev–Trinajstić information content (AvgIpc) is 1.62. The van der Waals surface area contributed by atoms with Gasteiger partial charge in [0.15, 0.2) is 5.13 Å². The molecule has 17 nitrogen and oxygen atoms in total. The van der Waals surface area contributed by atoms with Gasteiger partial charge >= 0.3 is 18.4 Å². The number of anilines is 2. The lowest BCUT2D eigenvalue weighted by atomic mass is 9.72. The maximum Gasteiger partial charge on any atom is 0.416 e. The van der Waals surface area contributed by atoms with Gasteiger partial charge in [0, 0.05) is 102 Å². The molecule has 5 amide bonds. The van der Waals surface area contributed by atoms with Crippen molar-refractivity contribution in [3.63, 3.8) is 0 Å². The highest BCUT2D eigenvalue weighted by molar-refractivity contribution is 7.13. The van der Waals surface area contributed by atoms with Gasteiger partial charge in [0.1, 0.15) is 30.9 Å². The minimum absolute atomic E-state index is 0.0289. The zero-order chi connectivity index (χ0) is 68.9. The molecular formula is C72H84F7N9O8S. The summed E-state index contributed by atoms with van der Waals surface area (Å²) in [5, 5.41) is 8.88. The second-order valence-electron chi connectivity index (χ2n) is 25.8. The van der Waals surface area contributed by atoms with Crippen molar-refractivity contribution in [2.75, 3.05) is 117 Å². The highest BCUT2D eigenvalue weighted by Crippen LogP contribution is 2.48. The summed E-state index contributed by atoms with van der Waals surface area (Å²) in [7, 11) is 5.30. The number of piperidine rings is 2. The number of hydrogen-bond acceptors (Lipinski definition) is 13. The number of aromatic nitrogens is 1. The Kier molecular flexibility index (Phi) is 23.8. The van der Waals surface area contributed by atoms with E-state index < -0.39 is 64.6 Å². The van der Waals surface area contributed by atoms with Gasteiger partial charge in [0.25, 0.3) is 5.91 Å². The molecule has 3 saturated heterocycles. The first-order valence-corrected chi connectivity index (χ1v) is 34.0. The predicted octanol–water partition coefficient (Wildman–Crippen LogP) is 12.4. The summed E-state index contributed by atoms with van der Waals surface area (Å²) >= 11 is 1.44. The fourth-order valence-electron chi connectivity index (χ4n) is 13.5. The van der Waals surface area contributed by atoms with Crippen molar-refractivity contribution in [2.24, 2.45) is 0 Å². The number of likely N-dealkylation sites (tertiary alicyclic amines) is 2. The van der Waals surface area contributed by atoms with Gasteiger partial charge in [-0.1, -0.05) is 91.3 Å². The minimum atomic E-state index is -5.15. The highest BCUT2D eigenvalue weighted by atomic mass is 32.1. The molecule has 25 heteroatoms. The molecule has 4 heterocycles. The fourth-order valence-corrected chi connectivity index (χ4v) is 14.3. The predicted molar refractivity (Wildman–Crippen MR) is 355 cm³/mol. The van der Waals surface area contributed by atoms with Gasteiger partial charge < -0.3 is 48.9 Å². The molecule has 3 fully saturated rings. The molecule has 0 saturated carbocycles. The number of hydrogen-bond donors (Lipinski definition) is 2. The molecule has 6 aromatic rings. The van der Waals surface area contributed by atoms with Crippen molar-refractivity contribution < 1.29 is 68.9 Å². The smallest absolute Gasteiger partial charge is 0.416 e. The standard InChI is InChI=1S/C72H84F7N9O8S/c1-83(64(90)45-57-47-97-67(81-57)80-31-13-5-8-21-63(89)85(3)39-40-86-34-26-58(27-35-86)96-68(93)82-61-20-12-10-18-59(61)50-15-6-4-7-16-50)32-14-33-84(2)65(91)46-94-62-43-51-17-9-11-19-60(51)69(62)28-36-87(37-29-69)38-30-70(53-22-24-56(73)25-23-53)48-88(49-95-70)66(92)52-41-54(71(74,75)76)44-55(42-52)72(77,78)79/h4,6-7,9-12,15-20,22-25,41-42,44,47,58,62H,5,8,13-14,21,26-40,43,45-46,48-49H2,1-3H3,(H,80,81)(H,82,93)/t62-,70+/m0/s1. The first-order valence-electron chi connectivity index (χ1n) is 33.1. The summed E-state index contributed by atoms with van der Waals surface area (Å²) < 4.78 is 116. The van der Waals surface area contributed by atoms with Gasteiger partial charge in [-0.3, -0.25) is 24.5 Å². The Bertz CT molecular complexity index is 3630. The Morgan fingerprint density at radius 1 is 0.711 bits per heavy atom. The highest BCUT2D eigenvalue weighted by Gasteiger charge is 2.50. The number of nitrogens with one attached hydrogen (secondary N) is 2. The Labute approximate surface area is 565 Å². The maximum atomic E-state index is 14.2. The van der Waals surface area contributed by atoms with Crippen LogP contribution in [0.1, 0.15) is 108 Å². The van der Waals surface area contributed by atoms with E-state index in [1.807, 2.05) is 79.2 Å². The van der Waals surface area contributed by atoms with E-state index in [9.17, 15) is 54.7 Å². The van der Waals surface area contributed by atoms with Crippen LogP contribution in [-0.2, 0) is 64.8 Å². The maximum absolute atomic E-state index is 14.2. The van der Waals surface area contributed by atoms with Crippen LogP contribution in [0.5, 0.6) is 0 Å². The van der Waals surface area contributed by atoms with Crippen molar-refractivity contribution >= 4 is 51.9 Å². The zero-order valence-electron chi connectivity index (χ0n) is 54.9. The summed E-state index contributed by atoms with van der Waals surface area (Å²) in [6, 6.07) is 31.9. The number of benzene rings is 5. The van der Waals surface area contributed by atoms with Crippen molar-refractivity contribution in [3.8, 4) is 11.1 Å². The number of unbranched alkanes of at least 4 members (excludes halogenated alkanes) is 2. The van der Waals surface area contributed by atoms with Gasteiger partial charge in [-0.15, -0.1) is 11.3 Å². The van der Waals surface area contributed by atoms with Crippen molar-refractivity contribution in [1.29, 1.82) is 0 Å². The number of thiazole rings is 1. The lowest BCUT2D eigenvalue weighted by molar-refractivity contribution is -0.143. The summed E-state index contributed by atoms with van der Waals surface area (Å²) in [6.07, 6.45) is -3.95. The fraction of sp³-hybridized carbons (Fsp3) is 0.472. The lowest BCUT2D eigenvalue weighted by Crippen LogP contribution is -2.50. The molecule has 2 N–H and O–H groups in total. The van der Waals surface area contributed by atoms with E-state index in [4.69, 9.17) is 14.2 Å². The van der Waals surface area contributed by atoms with Gasteiger partial charge in [0.2, 0.25) is 17.7 Å². The number of likely N-dealkylation sites (N-methyl/N-ethyl adjacent to an activating group) is 3. The summed E-state index contributed by atoms with van der Waals surface area (Å²) in [4.78, 5) is 81.8. The molecular weight excluding hydrogens is 1280 g/mol. The molecule has 0 radical (unpaired) electrons. The zero-order valence-corrected chi connectivity index (χ0v) is 55.7. The summed E-state index contributed by atoms with van der Waals surface area (Å²) in [5.74, 6) is -1.78. The van der Waals surface area contributed by atoms with Crippen molar-refractivity contribution in [1.82, 2.24) is 34.4 Å². The lowest BCUT2D eigenvalue weighted by Gasteiger charge is -2.44. The number of nitrogens with zero attached hydrogens (tertiary/aromatic N) is 7. The monoisotopic (exact) mass is 1370 g/mol. The molecule has 5 aromatic carbocycles. The van der Waals surface area contributed by atoms with E-state index in [-0.39, 0.29) is 62.0 Å². The number of carbonyl (C=O) groups excluding carboxylic acids is 5. The van der Waals surface area contributed by atoms with Gasteiger partial charge in [-0.05, 0) is 130 Å². The summed E-state index contributed by atoms with van der Waals surface area (Å²) in [6.45, 7) is 5.28. The molecule has 1 spiro atoms. The second-order valence-corrected chi connectivity index (χ2v) is 26.7. The van der Waals surface area contributed by atoms with Crippen LogP contribution < -0.4 is 10.6 Å². The number of carbonyl (C=O) groups is 5. The molecule has 1 aromatic heterocycles. The Morgan fingerprint density at radius 3 is 2.07 bits per heavy atom. The van der Waals surface area contributed by atoms with Crippen molar-refractivity contribution in [2.45, 2.75) is 113 Å². The minimum Gasteiger partial charge on any atom is -0.446 e. The van der Waals surface area contributed by atoms with E-state index in [2.05, 4.69) is 37.6 Å². The molecule has 2 atom stereocenters. The first kappa shape index (κ1) is 71.8. The molecule has 3 aliphatic heterocycles.